The van der Waals surface area contributed by atoms with Gasteiger partial charge in [-0.05, 0) is 53.9 Å². The highest BCUT2D eigenvalue weighted by atomic mass is 32.1. The van der Waals surface area contributed by atoms with Gasteiger partial charge in [0.2, 0.25) is 5.91 Å². The molecular formula is C18H20N2O3S. The summed E-state index contributed by atoms with van der Waals surface area (Å²) in [6.07, 6.45) is 1.40. The molecule has 6 heteroatoms. The maximum Gasteiger partial charge on any atom is 0.251 e. The minimum Gasteiger partial charge on any atom is -0.384 e. The SMILES string of the molecule is CC(O)(CNC(=O)c1cccc(N2CCCC2=O)c1)c1ccsc1. The molecule has 1 aromatic carbocycles. The molecule has 3 rings (SSSR count). The number of carbonyl (C=O) groups is 2. The maximum absolute atomic E-state index is 12.4. The van der Waals surface area contributed by atoms with Crippen molar-refractivity contribution >= 4 is 28.8 Å². The van der Waals surface area contributed by atoms with Crippen molar-refractivity contribution in [1.29, 1.82) is 0 Å². The molecule has 1 atom stereocenters. The van der Waals surface area contributed by atoms with Crippen molar-refractivity contribution < 1.29 is 14.7 Å². The molecule has 0 radical (unpaired) electrons. The van der Waals surface area contributed by atoms with Crippen LogP contribution in [0, 0.1) is 0 Å². The lowest BCUT2D eigenvalue weighted by atomic mass is 9.99. The van der Waals surface area contributed by atoms with Gasteiger partial charge in [-0.15, -0.1) is 0 Å². The third-order valence-corrected chi connectivity index (χ3v) is 4.91. The molecule has 1 aliphatic rings. The van der Waals surface area contributed by atoms with Gasteiger partial charge in [-0.25, -0.2) is 0 Å². The van der Waals surface area contributed by atoms with Crippen molar-refractivity contribution in [2.45, 2.75) is 25.4 Å². The minimum absolute atomic E-state index is 0.0907. The third-order valence-electron chi connectivity index (χ3n) is 4.23. The summed E-state index contributed by atoms with van der Waals surface area (Å²) >= 11 is 1.50. The molecule has 0 aliphatic carbocycles. The average Bonchev–Trinajstić information content (AvgIpc) is 3.24. The monoisotopic (exact) mass is 344 g/mol. The van der Waals surface area contributed by atoms with Crippen LogP contribution in [-0.4, -0.2) is 30.0 Å². The Hall–Kier alpha value is -2.18. The van der Waals surface area contributed by atoms with Crippen molar-refractivity contribution in [1.82, 2.24) is 5.32 Å². The zero-order valence-electron chi connectivity index (χ0n) is 13.5. The van der Waals surface area contributed by atoms with Crippen LogP contribution in [0.25, 0.3) is 0 Å². The molecule has 1 aliphatic heterocycles. The van der Waals surface area contributed by atoms with Crippen molar-refractivity contribution in [2.24, 2.45) is 0 Å². The summed E-state index contributed by atoms with van der Waals surface area (Å²) in [6.45, 7) is 2.49. The first-order valence-electron chi connectivity index (χ1n) is 7.91. The average molecular weight is 344 g/mol. The Morgan fingerprint density at radius 1 is 1.42 bits per heavy atom. The zero-order chi connectivity index (χ0) is 17.2. The van der Waals surface area contributed by atoms with Gasteiger partial charge in [0.25, 0.3) is 5.91 Å². The van der Waals surface area contributed by atoms with Gasteiger partial charge in [-0.2, -0.15) is 11.3 Å². The van der Waals surface area contributed by atoms with Crippen LogP contribution in [0.3, 0.4) is 0 Å². The minimum atomic E-state index is -1.11. The lowest BCUT2D eigenvalue weighted by molar-refractivity contribution is -0.117. The molecule has 0 saturated carbocycles. The van der Waals surface area contributed by atoms with Crippen LogP contribution in [0.15, 0.2) is 41.1 Å². The van der Waals surface area contributed by atoms with Gasteiger partial charge >= 0.3 is 0 Å². The largest absolute Gasteiger partial charge is 0.384 e. The van der Waals surface area contributed by atoms with E-state index in [1.54, 1.807) is 30.0 Å². The van der Waals surface area contributed by atoms with E-state index < -0.39 is 5.60 Å². The van der Waals surface area contributed by atoms with Gasteiger partial charge < -0.3 is 15.3 Å². The standard InChI is InChI=1S/C18H20N2O3S/c1-18(23,14-7-9-24-11-14)12-19-17(22)13-4-2-5-15(10-13)20-8-3-6-16(20)21/h2,4-5,7,9-11,23H,3,6,8,12H2,1H3,(H,19,22). The van der Waals surface area contributed by atoms with Crippen LogP contribution in [0.4, 0.5) is 5.69 Å². The Bertz CT molecular complexity index is 740. The summed E-state index contributed by atoms with van der Waals surface area (Å²) in [5.41, 5.74) is 0.894. The topological polar surface area (TPSA) is 69.6 Å². The van der Waals surface area contributed by atoms with E-state index in [2.05, 4.69) is 5.32 Å². The fourth-order valence-electron chi connectivity index (χ4n) is 2.76. The number of nitrogens with zero attached hydrogens (tertiary/aromatic N) is 1. The summed E-state index contributed by atoms with van der Waals surface area (Å²) in [4.78, 5) is 25.9. The van der Waals surface area contributed by atoms with Crippen molar-refractivity contribution in [2.75, 3.05) is 18.0 Å². The van der Waals surface area contributed by atoms with E-state index in [-0.39, 0.29) is 18.4 Å². The van der Waals surface area contributed by atoms with E-state index in [0.29, 0.717) is 18.5 Å². The van der Waals surface area contributed by atoms with E-state index in [4.69, 9.17) is 0 Å². The Balaban J connectivity index is 1.68. The molecule has 0 spiro atoms. The highest BCUT2D eigenvalue weighted by Gasteiger charge is 2.25. The molecule has 2 heterocycles. The summed E-state index contributed by atoms with van der Waals surface area (Å²) in [7, 11) is 0. The number of anilines is 1. The van der Waals surface area contributed by atoms with Gasteiger partial charge in [0.15, 0.2) is 0 Å². The lowest BCUT2D eigenvalue weighted by Crippen LogP contribution is -2.38. The Kier molecular flexibility index (Phi) is 4.69. The van der Waals surface area contributed by atoms with Crippen molar-refractivity contribution in [3.63, 3.8) is 0 Å². The normalized spacial score (nSPS) is 16.9. The number of hydrogen-bond acceptors (Lipinski definition) is 4. The molecule has 2 amide bonds. The Morgan fingerprint density at radius 2 is 2.25 bits per heavy atom. The first-order chi connectivity index (χ1) is 11.5. The molecule has 1 aromatic heterocycles. The van der Waals surface area contributed by atoms with Gasteiger partial charge in [0.05, 0.1) is 6.54 Å². The fraction of sp³-hybridized carbons (Fsp3) is 0.333. The number of nitrogens with one attached hydrogen (secondary N) is 1. The number of thiophene rings is 1. The second-order valence-electron chi connectivity index (χ2n) is 6.17. The van der Waals surface area contributed by atoms with E-state index in [9.17, 15) is 14.7 Å². The summed E-state index contributed by atoms with van der Waals surface area (Å²) in [6, 6.07) is 8.88. The van der Waals surface area contributed by atoms with Gasteiger partial charge in [0, 0.05) is 24.2 Å². The van der Waals surface area contributed by atoms with Crippen molar-refractivity contribution in [3.8, 4) is 0 Å². The Morgan fingerprint density at radius 3 is 2.92 bits per heavy atom. The van der Waals surface area contributed by atoms with Gasteiger partial charge in [-0.3, -0.25) is 9.59 Å². The summed E-state index contributed by atoms with van der Waals surface area (Å²) < 4.78 is 0. The molecule has 1 saturated heterocycles. The number of benzene rings is 1. The number of carbonyl (C=O) groups excluding carboxylic acids is 2. The fourth-order valence-corrected chi connectivity index (χ4v) is 3.55. The van der Waals surface area contributed by atoms with Crippen LogP contribution in [0.5, 0.6) is 0 Å². The number of aliphatic hydroxyl groups is 1. The molecular weight excluding hydrogens is 324 g/mol. The number of hydrogen-bond donors (Lipinski definition) is 2. The highest BCUT2D eigenvalue weighted by molar-refractivity contribution is 7.08. The molecule has 1 unspecified atom stereocenters. The second kappa shape index (κ2) is 6.75. The first kappa shape index (κ1) is 16.7. The van der Waals surface area contributed by atoms with E-state index in [0.717, 1.165) is 17.7 Å². The van der Waals surface area contributed by atoms with Gasteiger partial charge in [0.1, 0.15) is 5.60 Å². The predicted octanol–water partition coefficient (Wildman–Crippen LogP) is 2.51. The van der Waals surface area contributed by atoms with Crippen LogP contribution >= 0.6 is 11.3 Å². The van der Waals surface area contributed by atoms with Crippen LogP contribution in [0.2, 0.25) is 0 Å². The molecule has 2 N–H and O–H groups in total. The lowest BCUT2D eigenvalue weighted by Gasteiger charge is -2.23. The molecule has 2 aromatic rings. The molecule has 1 fully saturated rings. The first-order valence-corrected chi connectivity index (χ1v) is 8.85. The smallest absolute Gasteiger partial charge is 0.251 e. The summed E-state index contributed by atoms with van der Waals surface area (Å²) in [5.74, 6) is -0.174. The third kappa shape index (κ3) is 3.49. The number of rotatable bonds is 5. The quantitative estimate of drug-likeness (QED) is 0.876. The molecule has 126 valence electrons. The van der Waals surface area contributed by atoms with Crippen LogP contribution < -0.4 is 10.2 Å². The van der Waals surface area contributed by atoms with Crippen LogP contribution in [-0.2, 0) is 10.4 Å². The summed E-state index contributed by atoms with van der Waals surface area (Å²) in [5, 5.41) is 17.0. The number of amides is 2. The zero-order valence-corrected chi connectivity index (χ0v) is 14.3. The molecule has 24 heavy (non-hydrogen) atoms. The van der Waals surface area contributed by atoms with E-state index >= 15 is 0 Å². The predicted molar refractivity (Wildman–Crippen MR) is 94.3 cm³/mol. The molecule has 5 nitrogen and oxygen atoms in total. The van der Waals surface area contributed by atoms with Gasteiger partial charge in [-0.1, -0.05) is 6.07 Å². The highest BCUT2D eigenvalue weighted by Crippen LogP contribution is 2.24. The molecule has 0 bridgehead atoms. The van der Waals surface area contributed by atoms with Crippen LogP contribution in [0.1, 0.15) is 35.7 Å². The van der Waals surface area contributed by atoms with Crippen molar-refractivity contribution in [3.05, 3.63) is 52.2 Å². The van der Waals surface area contributed by atoms with E-state index in [1.165, 1.54) is 11.3 Å². The van der Waals surface area contributed by atoms with E-state index in [1.807, 2.05) is 22.9 Å². The second-order valence-corrected chi connectivity index (χ2v) is 6.95. The Labute approximate surface area is 144 Å². The maximum atomic E-state index is 12.4.